The van der Waals surface area contributed by atoms with E-state index in [0.717, 1.165) is 0 Å². The van der Waals surface area contributed by atoms with Crippen molar-refractivity contribution >= 4 is 46.2 Å². The summed E-state index contributed by atoms with van der Waals surface area (Å²) >= 11 is 6.73. The Labute approximate surface area is 160 Å². The molecule has 1 atom stereocenters. The summed E-state index contributed by atoms with van der Waals surface area (Å²) in [7, 11) is 0. The van der Waals surface area contributed by atoms with Gasteiger partial charge in [-0.2, -0.15) is 10.2 Å². The van der Waals surface area contributed by atoms with Gasteiger partial charge in [0.2, 0.25) is 0 Å². The quantitative estimate of drug-likeness (QED) is 0.356. The van der Waals surface area contributed by atoms with E-state index < -0.39 is 16.9 Å². The van der Waals surface area contributed by atoms with E-state index in [9.17, 15) is 10.0 Å². The van der Waals surface area contributed by atoms with Crippen LogP contribution in [0.4, 0.5) is 10.5 Å². The highest BCUT2D eigenvalue weighted by Gasteiger charge is 2.50. The number of furan rings is 1. The molecule has 0 saturated carbocycles. The monoisotopic (exact) mass is 390 g/mol. The summed E-state index contributed by atoms with van der Waals surface area (Å²) in [5.74, 6) is 0.541. The molecule has 2 N–H and O–H groups in total. The average Bonchev–Trinajstić information content (AvgIpc) is 3.18. The highest BCUT2D eigenvalue weighted by Crippen LogP contribution is 2.42. The summed E-state index contributed by atoms with van der Waals surface area (Å²) < 4.78 is 5.11. The van der Waals surface area contributed by atoms with Gasteiger partial charge in [0.1, 0.15) is 5.76 Å². The Morgan fingerprint density at radius 2 is 2.12 bits per heavy atom. The third-order valence-corrected chi connectivity index (χ3v) is 5.24. The number of thioether (sulfide) groups is 1. The second-order valence-electron chi connectivity index (χ2n) is 6.09. The van der Waals surface area contributed by atoms with Gasteiger partial charge in [-0.1, -0.05) is 42.2 Å². The van der Waals surface area contributed by atoms with E-state index in [0.29, 0.717) is 20.8 Å². The Bertz CT molecular complexity index is 809. The van der Waals surface area contributed by atoms with E-state index in [1.165, 1.54) is 29.2 Å². The van der Waals surface area contributed by atoms with Crippen molar-refractivity contribution in [3.05, 3.63) is 54.5 Å². The van der Waals surface area contributed by atoms with Crippen molar-refractivity contribution in [2.24, 2.45) is 5.10 Å². The number of carbonyl (C=O) groups excluding carboxylic acids is 1. The molecule has 0 aliphatic carbocycles. The number of hydroxylamine groups is 2. The molecule has 3 rings (SSSR count). The van der Waals surface area contributed by atoms with Crippen LogP contribution in [0.1, 0.15) is 19.6 Å². The highest BCUT2D eigenvalue weighted by atomic mass is 32.2. The standard InChI is InChI=1S/C17H18N4O3S2/c1-17(2)14(21(23)15(22)19-12-7-4-3-5-8-12)20(16(25)26-17)18-11-13-9-6-10-24-13/h3-11,14,23H,1-2H3,(H,19,22)/b18-11+. The third-order valence-electron chi connectivity index (χ3n) is 3.71. The number of hydrogen-bond donors (Lipinski definition) is 2. The maximum atomic E-state index is 12.5. The van der Waals surface area contributed by atoms with Gasteiger partial charge in [0.05, 0.1) is 17.2 Å². The van der Waals surface area contributed by atoms with Gasteiger partial charge in [-0.15, -0.1) is 0 Å². The summed E-state index contributed by atoms with van der Waals surface area (Å²) in [6.45, 7) is 3.77. The molecule has 1 unspecified atom stereocenters. The largest absolute Gasteiger partial charge is 0.463 e. The molecule has 1 aliphatic heterocycles. The number of nitrogens with one attached hydrogen (secondary N) is 1. The van der Waals surface area contributed by atoms with Gasteiger partial charge in [0.15, 0.2) is 10.5 Å². The minimum absolute atomic E-state index is 0.453. The number of nitrogens with zero attached hydrogens (tertiary/aromatic N) is 3. The molecule has 0 bridgehead atoms. The second-order valence-corrected chi connectivity index (χ2v) is 8.38. The summed E-state index contributed by atoms with van der Waals surface area (Å²) in [5.41, 5.74) is 0.577. The van der Waals surface area contributed by atoms with Gasteiger partial charge in [0.25, 0.3) is 0 Å². The van der Waals surface area contributed by atoms with Crippen molar-refractivity contribution < 1.29 is 14.4 Å². The lowest BCUT2D eigenvalue weighted by Crippen LogP contribution is -2.54. The number of hydrogen-bond acceptors (Lipinski definition) is 6. The fourth-order valence-electron chi connectivity index (χ4n) is 2.52. The topological polar surface area (TPSA) is 81.3 Å². The lowest BCUT2D eigenvalue weighted by molar-refractivity contribution is -0.114. The number of amides is 2. The van der Waals surface area contributed by atoms with Gasteiger partial charge in [-0.05, 0) is 38.1 Å². The average molecular weight is 390 g/mol. The fourth-order valence-corrected chi connectivity index (χ4v) is 4.31. The molecule has 1 saturated heterocycles. The lowest BCUT2D eigenvalue weighted by atomic mass is 10.1. The van der Waals surface area contributed by atoms with E-state index in [-0.39, 0.29) is 0 Å². The SMILES string of the molecule is CC1(C)SC(=S)N(/N=C/c2ccco2)C1N(O)C(=O)Nc1ccccc1. The second kappa shape index (κ2) is 7.48. The third kappa shape index (κ3) is 3.90. The molecule has 0 radical (unpaired) electrons. The Morgan fingerprint density at radius 1 is 1.38 bits per heavy atom. The van der Waals surface area contributed by atoms with Crippen LogP contribution in [-0.2, 0) is 0 Å². The molecule has 2 heterocycles. The molecule has 9 heteroatoms. The van der Waals surface area contributed by atoms with Crippen LogP contribution in [0.2, 0.25) is 0 Å². The number of carbonyl (C=O) groups is 1. The van der Waals surface area contributed by atoms with Crippen LogP contribution in [0.25, 0.3) is 0 Å². The van der Waals surface area contributed by atoms with Gasteiger partial charge >= 0.3 is 6.03 Å². The fraction of sp³-hybridized carbons (Fsp3) is 0.235. The number of para-hydroxylation sites is 1. The Hall–Kier alpha value is -2.36. The normalized spacial score (nSPS) is 19.1. The first-order valence-corrected chi connectivity index (χ1v) is 9.05. The zero-order chi connectivity index (χ0) is 18.7. The van der Waals surface area contributed by atoms with Crippen molar-refractivity contribution in [2.75, 3.05) is 5.32 Å². The number of hydrazone groups is 1. The Balaban J connectivity index is 1.81. The molecule has 136 valence electrons. The molecule has 1 fully saturated rings. The predicted octanol–water partition coefficient (Wildman–Crippen LogP) is 3.98. The Kier molecular flexibility index (Phi) is 5.30. The first-order valence-electron chi connectivity index (χ1n) is 7.82. The predicted molar refractivity (Wildman–Crippen MR) is 105 cm³/mol. The van der Waals surface area contributed by atoms with Gasteiger partial charge < -0.3 is 9.73 Å². The van der Waals surface area contributed by atoms with Gasteiger partial charge in [-0.25, -0.2) is 9.80 Å². The van der Waals surface area contributed by atoms with Crippen LogP contribution in [-0.4, -0.2) is 42.8 Å². The molecule has 2 amide bonds. The molecule has 0 spiro atoms. The lowest BCUT2D eigenvalue weighted by Gasteiger charge is -2.34. The number of anilines is 1. The zero-order valence-electron chi connectivity index (χ0n) is 14.2. The van der Waals surface area contributed by atoms with E-state index >= 15 is 0 Å². The first-order chi connectivity index (χ1) is 12.4. The molecule has 1 aliphatic rings. The first kappa shape index (κ1) is 18.4. The zero-order valence-corrected chi connectivity index (χ0v) is 15.8. The molecule has 7 nitrogen and oxygen atoms in total. The summed E-state index contributed by atoms with van der Waals surface area (Å²) in [6, 6.07) is 11.7. The van der Waals surface area contributed by atoms with Gasteiger partial charge in [0, 0.05) is 5.69 Å². The molecular weight excluding hydrogens is 372 g/mol. The van der Waals surface area contributed by atoms with Crippen LogP contribution in [0.15, 0.2) is 58.2 Å². The summed E-state index contributed by atoms with van der Waals surface area (Å²) in [5, 5.41) is 19.6. The smallest absolute Gasteiger partial charge is 0.347 e. The molecule has 2 aromatic rings. The minimum Gasteiger partial charge on any atom is -0.463 e. The molecular formula is C17H18N4O3S2. The van der Waals surface area contributed by atoms with Crippen molar-refractivity contribution in [2.45, 2.75) is 24.8 Å². The van der Waals surface area contributed by atoms with Crippen molar-refractivity contribution in [1.29, 1.82) is 0 Å². The van der Waals surface area contributed by atoms with Crippen molar-refractivity contribution in [1.82, 2.24) is 10.1 Å². The maximum Gasteiger partial charge on any atom is 0.347 e. The van der Waals surface area contributed by atoms with Crippen LogP contribution in [0.3, 0.4) is 0 Å². The van der Waals surface area contributed by atoms with Gasteiger partial charge in [-0.3, -0.25) is 5.21 Å². The van der Waals surface area contributed by atoms with E-state index in [1.807, 2.05) is 19.9 Å². The van der Waals surface area contributed by atoms with E-state index in [1.54, 1.807) is 36.4 Å². The molecule has 26 heavy (non-hydrogen) atoms. The Morgan fingerprint density at radius 3 is 2.77 bits per heavy atom. The maximum absolute atomic E-state index is 12.5. The van der Waals surface area contributed by atoms with Crippen molar-refractivity contribution in [3.8, 4) is 0 Å². The highest BCUT2D eigenvalue weighted by molar-refractivity contribution is 8.24. The van der Waals surface area contributed by atoms with E-state index in [4.69, 9.17) is 16.6 Å². The summed E-state index contributed by atoms with van der Waals surface area (Å²) in [6.07, 6.45) is 2.24. The number of rotatable bonds is 4. The van der Waals surface area contributed by atoms with Crippen molar-refractivity contribution in [3.63, 3.8) is 0 Å². The van der Waals surface area contributed by atoms with Crippen LogP contribution in [0, 0.1) is 0 Å². The number of urea groups is 1. The van der Waals surface area contributed by atoms with Crippen LogP contribution in [0.5, 0.6) is 0 Å². The number of thiocarbonyl (C=S) groups is 1. The van der Waals surface area contributed by atoms with Crippen LogP contribution >= 0.6 is 24.0 Å². The molecule has 1 aromatic carbocycles. The minimum atomic E-state index is -0.782. The van der Waals surface area contributed by atoms with E-state index in [2.05, 4.69) is 10.4 Å². The summed E-state index contributed by atoms with van der Waals surface area (Å²) in [4.78, 5) is 12.5. The van der Waals surface area contributed by atoms with Crippen LogP contribution < -0.4 is 5.32 Å². The number of benzene rings is 1. The molecule has 1 aromatic heterocycles.